The van der Waals surface area contributed by atoms with Crippen LogP contribution in [-0.4, -0.2) is 20.0 Å². The van der Waals surface area contributed by atoms with Gasteiger partial charge in [-0.3, -0.25) is 4.72 Å². The summed E-state index contributed by atoms with van der Waals surface area (Å²) in [5.41, 5.74) is 2.21. The van der Waals surface area contributed by atoms with E-state index in [-0.39, 0.29) is 4.90 Å². The van der Waals surface area contributed by atoms with Gasteiger partial charge in [-0.05, 0) is 62.2 Å². The molecule has 0 unspecified atom stereocenters. The van der Waals surface area contributed by atoms with E-state index in [9.17, 15) is 8.42 Å². The van der Waals surface area contributed by atoms with Crippen LogP contribution in [0.3, 0.4) is 0 Å². The molecule has 0 aliphatic carbocycles. The van der Waals surface area contributed by atoms with Crippen LogP contribution in [0.4, 0.5) is 5.69 Å². The highest BCUT2D eigenvalue weighted by Crippen LogP contribution is 2.28. The number of sulfonamides is 1. The van der Waals surface area contributed by atoms with E-state index in [2.05, 4.69) is 16.6 Å². The molecular formula is C18H20N2O3S2. The molecule has 25 heavy (non-hydrogen) atoms. The molecule has 0 radical (unpaired) electrons. The highest BCUT2D eigenvalue weighted by molar-refractivity contribution is 7.92. The lowest BCUT2D eigenvalue weighted by Gasteiger charge is -2.11. The van der Waals surface area contributed by atoms with Gasteiger partial charge in [-0.2, -0.15) is 0 Å². The Balaban J connectivity index is 1.89. The Morgan fingerprint density at radius 1 is 1.16 bits per heavy atom. The molecule has 1 N–H and O–H groups in total. The molecule has 5 nitrogen and oxygen atoms in total. The van der Waals surface area contributed by atoms with Crippen LogP contribution in [0.25, 0.3) is 10.2 Å². The van der Waals surface area contributed by atoms with E-state index >= 15 is 0 Å². The number of hydrogen-bond donors (Lipinski definition) is 1. The van der Waals surface area contributed by atoms with E-state index in [1.165, 1.54) is 0 Å². The van der Waals surface area contributed by atoms with Crippen LogP contribution >= 0.6 is 11.3 Å². The summed E-state index contributed by atoms with van der Waals surface area (Å²) in [6.45, 7) is 6.32. The number of fused-ring (bicyclic) bond motifs is 1. The van der Waals surface area contributed by atoms with Crippen LogP contribution in [0.2, 0.25) is 0 Å². The summed E-state index contributed by atoms with van der Waals surface area (Å²) in [5.74, 6) is 0.694. The standard InChI is InChI=1S/C18H20N2O3S2/c1-4-18-19-15-8-6-13(11-17(15)24-18)20-25(21,22)14-7-9-16(23-5-2)12(3)10-14/h6-11,20H,4-5H2,1-3H3. The molecule has 0 fully saturated rings. The zero-order valence-electron chi connectivity index (χ0n) is 14.4. The lowest BCUT2D eigenvalue weighted by atomic mass is 10.2. The maximum Gasteiger partial charge on any atom is 0.261 e. The van der Waals surface area contributed by atoms with Crippen molar-refractivity contribution in [3.05, 3.63) is 47.0 Å². The van der Waals surface area contributed by atoms with Crippen LogP contribution in [0.1, 0.15) is 24.4 Å². The van der Waals surface area contributed by atoms with Crippen molar-refractivity contribution in [2.24, 2.45) is 0 Å². The molecule has 0 atom stereocenters. The Kier molecular flexibility index (Phi) is 4.96. The second kappa shape index (κ2) is 7.01. The molecular weight excluding hydrogens is 356 g/mol. The maximum atomic E-state index is 12.7. The minimum atomic E-state index is -3.66. The summed E-state index contributed by atoms with van der Waals surface area (Å²) in [6, 6.07) is 10.3. The predicted molar refractivity (Wildman–Crippen MR) is 102 cm³/mol. The quantitative estimate of drug-likeness (QED) is 0.694. The van der Waals surface area contributed by atoms with Gasteiger partial charge < -0.3 is 4.74 Å². The van der Waals surface area contributed by atoms with Gasteiger partial charge in [0.2, 0.25) is 0 Å². The van der Waals surface area contributed by atoms with Gasteiger partial charge in [-0.25, -0.2) is 13.4 Å². The number of aromatic nitrogens is 1. The smallest absolute Gasteiger partial charge is 0.261 e. The molecule has 0 aliphatic rings. The fraction of sp³-hybridized carbons (Fsp3) is 0.278. The normalized spacial score (nSPS) is 11.6. The molecule has 0 bridgehead atoms. The van der Waals surface area contributed by atoms with E-state index in [0.717, 1.165) is 27.2 Å². The Morgan fingerprint density at radius 3 is 2.64 bits per heavy atom. The summed E-state index contributed by atoms with van der Waals surface area (Å²) in [5, 5.41) is 1.04. The average Bonchev–Trinajstić information content (AvgIpc) is 2.99. The van der Waals surface area contributed by atoms with Crippen LogP contribution in [0, 0.1) is 6.92 Å². The molecule has 0 spiro atoms. The first-order chi connectivity index (χ1) is 11.9. The average molecular weight is 377 g/mol. The molecule has 2 aromatic carbocycles. The molecule has 132 valence electrons. The lowest BCUT2D eigenvalue weighted by molar-refractivity contribution is 0.337. The Hall–Kier alpha value is -2.12. The molecule has 1 heterocycles. The van der Waals surface area contributed by atoms with Gasteiger partial charge in [0.05, 0.1) is 32.4 Å². The van der Waals surface area contributed by atoms with Crippen molar-refractivity contribution >= 4 is 37.3 Å². The number of thiazole rings is 1. The minimum absolute atomic E-state index is 0.215. The molecule has 1 aromatic heterocycles. The Morgan fingerprint density at radius 2 is 1.96 bits per heavy atom. The number of benzene rings is 2. The number of nitrogens with one attached hydrogen (secondary N) is 1. The molecule has 3 rings (SSSR count). The molecule has 0 saturated carbocycles. The molecule has 0 amide bonds. The van der Waals surface area contributed by atoms with Gasteiger partial charge >= 0.3 is 0 Å². The number of hydrogen-bond acceptors (Lipinski definition) is 5. The van der Waals surface area contributed by atoms with Crippen LogP contribution in [-0.2, 0) is 16.4 Å². The van der Waals surface area contributed by atoms with Gasteiger partial charge in [0.25, 0.3) is 10.0 Å². The fourth-order valence-corrected chi connectivity index (χ4v) is 4.59. The van der Waals surface area contributed by atoms with Crippen molar-refractivity contribution in [3.8, 4) is 5.75 Å². The van der Waals surface area contributed by atoms with Crippen molar-refractivity contribution in [3.63, 3.8) is 0 Å². The first-order valence-corrected chi connectivity index (χ1v) is 10.4. The van der Waals surface area contributed by atoms with Gasteiger partial charge in [0, 0.05) is 0 Å². The van der Waals surface area contributed by atoms with Crippen molar-refractivity contribution in [1.82, 2.24) is 4.98 Å². The topological polar surface area (TPSA) is 68.3 Å². The van der Waals surface area contributed by atoms with E-state index in [4.69, 9.17) is 4.74 Å². The summed E-state index contributed by atoms with van der Waals surface area (Å²) < 4.78 is 34.4. The third-order valence-electron chi connectivity index (χ3n) is 3.74. The second-order valence-corrected chi connectivity index (χ2v) is 8.41. The fourth-order valence-electron chi connectivity index (χ4n) is 2.51. The van der Waals surface area contributed by atoms with Crippen molar-refractivity contribution in [1.29, 1.82) is 0 Å². The minimum Gasteiger partial charge on any atom is -0.494 e. The number of aryl methyl sites for hydroxylation is 2. The van der Waals surface area contributed by atoms with Crippen LogP contribution < -0.4 is 9.46 Å². The highest BCUT2D eigenvalue weighted by atomic mass is 32.2. The van der Waals surface area contributed by atoms with Crippen molar-refractivity contribution in [2.45, 2.75) is 32.1 Å². The van der Waals surface area contributed by atoms with E-state index < -0.39 is 10.0 Å². The monoisotopic (exact) mass is 376 g/mol. The summed E-state index contributed by atoms with van der Waals surface area (Å²) in [4.78, 5) is 4.71. The van der Waals surface area contributed by atoms with E-state index in [1.807, 2.05) is 26.0 Å². The van der Waals surface area contributed by atoms with Gasteiger partial charge in [0.15, 0.2) is 0 Å². The number of anilines is 1. The highest BCUT2D eigenvalue weighted by Gasteiger charge is 2.16. The zero-order valence-corrected chi connectivity index (χ0v) is 16.0. The van der Waals surface area contributed by atoms with E-state index in [0.29, 0.717) is 18.0 Å². The molecule has 3 aromatic rings. The number of nitrogens with zero attached hydrogens (tertiary/aromatic N) is 1. The Bertz CT molecular complexity index is 1010. The lowest BCUT2D eigenvalue weighted by Crippen LogP contribution is -2.13. The van der Waals surface area contributed by atoms with E-state index in [1.54, 1.807) is 35.6 Å². The first-order valence-electron chi connectivity index (χ1n) is 8.08. The van der Waals surface area contributed by atoms with Crippen LogP contribution in [0.5, 0.6) is 5.75 Å². The zero-order chi connectivity index (χ0) is 18.0. The third-order valence-corrected chi connectivity index (χ3v) is 6.29. The van der Waals surface area contributed by atoms with Crippen molar-refractivity contribution in [2.75, 3.05) is 11.3 Å². The first kappa shape index (κ1) is 17.7. The SMILES string of the molecule is CCOc1ccc(S(=O)(=O)Nc2ccc3nc(CC)sc3c2)cc1C. The number of rotatable bonds is 6. The van der Waals surface area contributed by atoms with Crippen molar-refractivity contribution < 1.29 is 13.2 Å². The maximum absolute atomic E-state index is 12.7. The van der Waals surface area contributed by atoms with Gasteiger partial charge in [-0.15, -0.1) is 11.3 Å². The molecule has 7 heteroatoms. The van der Waals surface area contributed by atoms with Gasteiger partial charge in [-0.1, -0.05) is 6.92 Å². The summed E-state index contributed by atoms with van der Waals surface area (Å²) >= 11 is 1.58. The largest absolute Gasteiger partial charge is 0.494 e. The predicted octanol–water partition coefficient (Wildman–Crippen LogP) is 4.37. The third kappa shape index (κ3) is 3.77. The summed E-state index contributed by atoms with van der Waals surface area (Å²) in [6.07, 6.45) is 0.867. The van der Waals surface area contributed by atoms with Gasteiger partial charge in [0.1, 0.15) is 5.75 Å². The number of ether oxygens (including phenoxy) is 1. The molecule has 0 aliphatic heterocycles. The second-order valence-electron chi connectivity index (χ2n) is 5.61. The summed E-state index contributed by atoms with van der Waals surface area (Å²) in [7, 11) is -3.66. The molecule has 0 saturated heterocycles. The Labute approximate surface area is 151 Å². The van der Waals surface area contributed by atoms with Crippen LogP contribution in [0.15, 0.2) is 41.3 Å².